The van der Waals surface area contributed by atoms with Crippen LogP contribution in [0.15, 0.2) is 0 Å². The average molecular weight is 294 g/mol. The molecule has 0 atom stereocenters. The second kappa shape index (κ2) is 9.20. The first-order valence-corrected chi connectivity index (χ1v) is 6.81. The fourth-order valence-corrected chi connectivity index (χ4v) is 1.64. The maximum absolute atomic E-state index is 11.1. The fraction of sp³-hybridized carbons (Fsp3) is 0.600. The Labute approximate surface area is 110 Å². The van der Waals surface area contributed by atoms with Crippen molar-refractivity contribution in [1.29, 1.82) is 0 Å². The molecule has 0 saturated carbocycles. The molecule has 0 aliphatic carbocycles. The Balaban J connectivity index is 4.09. The molecule has 19 heavy (non-hydrogen) atoms. The van der Waals surface area contributed by atoms with E-state index in [1.165, 1.54) is 0 Å². The third-order valence-corrected chi connectivity index (χ3v) is 2.58. The fourth-order valence-electron chi connectivity index (χ4n) is 0.987. The molecule has 0 bridgehead atoms. The number of unbranched alkanes of at least 4 members (excludes halogenated alkanes) is 2. The second-order valence-electron chi connectivity index (χ2n) is 3.44. The molecule has 0 amide bonds. The lowest BCUT2D eigenvalue weighted by Gasteiger charge is -2.04. The first-order valence-electron chi connectivity index (χ1n) is 5.48. The van der Waals surface area contributed by atoms with Crippen molar-refractivity contribution in [2.75, 3.05) is 0 Å². The van der Waals surface area contributed by atoms with Crippen LogP contribution < -0.4 is 0 Å². The molecule has 0 spiro atoms. The van der Waals surface area contributed by atoms with E-state index in [-0.39, 0.29) is 38.5 Å². The summed E-state index contributed by atoms with van der Waals surface area (Å²) in [4.78, 5) is 42.0. The lowest BCUT2D eigenvalue weighted by atomic mass is 10.2. The van der Waals surface area contributed by atoms with Crippen molar-refractivity contribution >= 4 is 34.9 Å². The molecular weight excluding hydrogens is 280 g/mol. The lowest BCUT2D eigenvalue weighted by molar-refractivity contribution is -0.137. The molecule has 0 saturated heterocycles. The standard InChI is InChI=1S/C10H14O8S/c11-7-3-1-5-9(13)17-19(15,16)18-10(14)6-2-4-8-12/h7-8H,1-6H2. The predicted molar refractivity (Wildman–Crippen MR) is 60.9 cm³/mol. The number of rotatable bonds is 10. The Bertz CT molecular complexity index is 391. The van der Waals surface area contributed by atoms with Crippen molar-refractivity contribution in [3.05, 3.63) is 0 Å². The summed E-state index contributed by atoms with van der Waals surface area (Å²) >= 11 is 0. The first kappa shape index (κ1) is 17.2. The summed E-state index contributed by atoms with van der Waals surface area (Å²) in [6, 6.07) is 0. The summed E-state index contributed by atoms with van der Waals surface area (Å²) in [6.07, 6.45) is 1.09. The van der Waals surface area contributed by atoms with Gasteiger partial charge in [0.05, 0.1) is 0 Å². The molecule has 0 aliphatic rings. The number of carbonyl (C=O) groups is 4. The zero-order valence-electron chi connectivity index (χ0n) is 10.1. The molecule has 0 radical (unpaired) electrons. The highest BCUT2D eigenvalue weighted by atomic mass is 32.3. The molecule has 0 aromatic heterocycles. The van der Waals surface area contributed by atoms with Crippen LogP contribution in [0.3, 0.4) is 0 Å². The Morgan fingerprint density at radius 3 is 1.53 bits per heavy atom. The van der Waals surface area contributed by atoms with E-state index < -0.39 is 22.3 Å². The van der Waals surface area contributed by atoms with Crippen molar-refractivity contribution < 1.29 is 36.0 Å². The summed E-state index contributed by atoms with van der Waals surface area (Å²) in [5, 5.41) is 0. The zero-order chi connectivity index (χ0) is 14.7. The molecular formula is C10H14O8S. The van der Waals surface area contributed by atoms with Crippen molar-refractivity contribution in [3.8, 4) is 0 Å². The van der Waals surface area contributed by atoms with Crippen LogP contribution >= 0.6 is 0 Å². The van der Waals surface area contributed by atoms with Gasteiger partial charge in [0, 0.05) is 25.7 Å². The van der Waals surface area contributed by atoms with Crippen LogP contribution in [0.5, 0.6) is 0 Å². The molecule has 9 heteroatoms. The molecule has 108 valence electrons. The molecule has 8 nitrogen and oxygen atoms in total. The van der Waals surface area contributed by atoms with E-state index in [9.17, 15) is 27.6 Å². The van der Waals surface area contributed by atoms with Gasteiger partial charge in [0.25, 0.3) is 0 Å². The van der Waals surface area contributed by atoms with Crippen LogP contribution in [0, 0.1) is 0 Å². The normalized spacial score (nSPS) is 10.5. The Hall–Kier alpha value is -1.77. The van der Waals surface area contributed by atoms with E-state index in [4.69, 9.17) is 0 Å². The molecule has 0 unspecified atom stereocenters. The molecule has 0 N–H and O–H groups in total. The van der Waals surface area contributed by atoms with Crippen LogP contribution in [-0.4, -0.2) is 32.9 Å². The lowest BCUT2D eigenvalue weighted by Crippen LogP contribution is -2.19. The van der Waals surface area contributed by atoms with Crippen molar-refractivity contribution in [1.82, 2.24) is 0 Å². The van der Waals surface area contributed by atoms with Crippen molar-refractivity contribution in [3.63, 3.8) is 0 Å². The minimum absolute atomic E-state index is 0.0978. The van der Waals surface area contributed by atoms with E-state index in [1.54, 1.807) is 0 Å². The number of hydrogen-bond donors (Lipinski definition) is 0. The highest BCUT2D eigenvalue weighted by Crippen LogP contribution is 2.05. The summed E-state index contributed by atoms with van der Waals surface area (Å²) in [5.41, 5.74) is 0. The zero-order valence-corrected chi connectivity index (χ0v) is 10.9. The van der Waals surface area contributed by atoms with E-state index in [0.29, 0.717) is 12.6 Å². The van der Waals surface area contributed by atoms with Gasteiger partial charge in [-0.1, -0.05) is 0 Å². The Kier molecular flexibility index (Phi) is 8.34. The van der Waals surface area contributed by atoms with Gasteiger partial charge in [-0.15, -0.1) is 8.42 Å². The summed E-state index contributed by atoms with van der Waals surface area (Å²) < 4.78 is 30.1. The van der Waals surface area contributed by atoms with Gasteiger partial charge in [-0.25, -0.2) is 0 Å². The molecule has 0 fully saturated rings. The number of aldehydes is 2. The van der Waals surface area contributed by atoms with Gasteiger partial charge >= 0.3 is 22.3 Å². The number of carbonyl (C=O) groups excluding carboxylic acids is 4. The quantitative estimate of drug-likeness (QED) is 0.409. The monoisotopic (exact) mass is 294 g/mol. The van der Waals surface area contributed by atoms with Crippen molar-refractivity contribution in [2.45, 2.75) is 38.5 Å². The smallest absolute Gasteiger partial charge is 0.316 e. The topological polar surface area (TPSA) is 121 Å². The van der Waals surface area contributed by atoms with Gasteiger partial charge in [-0.05, 0) is 12.8 Å². The summed E-state index contributed by atoms with van der Waals surface area (Å²) in [5.74, 6) is -2.22. The molecule has 0 rings (SSSR count). The largest absolute Gasteiger partial charge is 0.506 e. The SMILES string of the molecule is O=CCCCC(=O)OS(=O)(=O)OC(=O)CCCC=O. The van der Waals surface area contributed by atoms with Crippen LogP contribution in [0.2, 0.25) is 0 Å². The maximum Gasteiger partial charge on any atom is 0.506 e. The van der Waals surface area contributed by atoms with Crippen LogP contribution in [0.4, 0.5) is 0 Å². The maximum atomic E-state index is 11.1. The second-order valence-corrected chi connectivity index (χ2v) is 4.59. The molecule has 0 aliphatic heterocycles. The minimum Gasteiger partial charge on any atom is -0.316 e. The van der Waals surface area contributed by atoms with E-state index >= 15 is 0 Å². The van der Waals surface area contributed by atoms with E-state index in [2.05, 4.69) is 8.37 Å². The predicted octanol–water partition coefficient (Wildman–Crippen LogP) is 0.0560. The Morgan fingerprint density at radius 1 is 0.842 bits per heavy atom. The summed E-state index contributed by atoms with van der Waals surface area (Å²) in [6.45, 7) is 0. The third-order valence-electron chi connectivity index (χ3n) is 1.80. The van der Waals surface area contributed by atoms with Crippen LogP contribution in [0.25, 0.3) is 0 Å². The number of hydrogen-bond acceptors (Lipinski definition) is 8. The van der Waals surface area contributed by atoms with E-state index in [0.717, 1.165) is 0 Å². The highest BCUT2D eigenvalue weighted by Gasteiger charge is 2.22. The van der Waals surface area contributed by atoms with Gasteiger partial charge in [-0.2, -0.15) is 0 Å². The molecule has 0 heterocycles. The van der Waals surface area contributed by atoms with Gasteiger partial charge in [-0.3, -0.25) is 9.59 Å². The van der Waals surface area contributed by atoms with Crippen LogP contribution in [-0.2, 0) is 37.9 Å². The highest BCUT2D eigenvalue weighted by molar-refractivity contribution is 7.82. The summed E-state index contributed by atoms with van der Waals surface area (Å²) in [7, 11) is -4.73. The van der Waals surface area contributed by atoms with Gasteiger partial charge in [0.2, 0.25) is 0 Å². The van der Waals surface area contributed by atoms with Gasteiger partial charge < -0.3 is 18.0 Å². The van der Waals surface area contributed by atoms with E-state index in [1.807, 2.05) is 0 Å². The van der Waals surface area contributed by atoms with Crippen LogP contribution in [0.1, 0.15) is 38.5 Å². The molecule has 0 aromatic carbocycles. The van der Waals surface area contributed by atoms with Gasteiger partial charge in [0.1, 0.15) is 12.6 Å². The van der Waals surface area contributed by atoms with Gasteiger partial charge in [0.15, 0.2) is 0 Å². The first-order chi connectivity index (χ1) is 8.91. The third kappa shape index (κ3) is 9.89. The Morgan fingerprint density at radius 2 is 1.21 bits per heavy atom. The molecule has 0 aromatic rings. The van der Waals surface area contributed by atoms with Crippen molar-refractivity contribution in [2.24, 2.45) is 0 Å². The average Bonchev–Trinajstić information content (AvgIpc) is 2.28. The minimum atomic E-state index is -4.73.